The number of likely N-dealkylation sites (N-methyl/N-ethyl adjacent to an activating group) is 1. The molecule has 2 aliphatic rings. The molecule has 1 aromatic rings. The maximum absolute atomic E-state index is 12.2. The first kappa shape index (κ1) is 12.3. The molecule has 1 amide bonds. The van der Waals surface area contributed by atoms with Crippen LogP contribution < -0.4 is 20.3 Å². The summed E-state index contributed by atoms with van der Waals surface area (Å²) in [5.74, 6) is 1.61. The average molecular weight is 263 g/mol. The van der Waals surface area contributed by atoms with Gasteiger partial charge in [-0.2, -0.15) is 0 Å². The fourth-order valence-corrected chi connectivity index (χ4v) is 2.33. The molecular weight excluding hydrogens is 246 g/mol. The summed E-state index contributed by atoms with van der Waals surface area (Å²) in [4.78, 5) is 13.9. The number of hydrazine groups is 1. The Kier molecular flexibility index (Phi) is 3.27. The number of hydrogen-bond donors (Lipinski definition) is 2. The molecule has 1 atom stereocenters. The van der Waals surface area contributed by atoms with Crippen molar-refractivity contribution >= 4 is 5.91 Å². The highest BCUT2D eigenvalue weighted by Crippen LogP contribution is 2.32. The summed E-state index contributed by atoms with van der Waals surface area (Å²) < 4.78 is 10.6. The number of nitrogens with zero attached hydrogens (tertiary/aromatic N) is 1. The van der Waals surface area contributed by atoms with Gasteiger partial charge >= 0.3 is 0 Å². The molecule has 2 aliphatic heterocycles. The maximum atomic E-state index is 12.2. The van der Waals surface area contributed by atoms with Crippen molar-refractivity contribution in [2.24, 2.45) is 0 Å². The van der Waals surface area contributed by atoms with Crippen LogP contribution in [-0.2, 0) is 11.3 Å². The number of carbonyl (C=O) groups is 1. The van der Waals surface area contributed by atoms with Crippen LogP contribution in [-0.4, -0.2) is 37.2 Å². The number of nitrogens with one attached hydrogen (secondary N) is 2. The van der Waals surface area contributed by atoms with E-state index in [-0.39, 0.29) is 18.7 Å². The van der Waals surface area contributed by atoms with Crippen molar-refractivity contribution in [3.63, 3.8) is 0 Å². The molecule has 3 rings (SSSR count). The lowest BCUT2D eigenvalue weighted by Crippen LogP contribution is -2.43. The van der Waals surface area contributed by atoms with Gasteiger partial charge in [0.2, 0.25) is 12.7 Å². The van der Waals surface area contributed by atoms with Crippen LogP contribution in [0.15, 0.2) is 18.2 Å². The van der Waals surface area contributed by atoms with Crippen molar-refractivity contribution in [3.8, 4) is 11.5 Å². The van der Waals surface area contributed by atoms with Gasteiger partial charge in [-0.1, -0.05) is 6.07 Å². The number of carbonyl (C=O) groups excluding carboxylic acids is 1. The minimum atomic E-state index is -0.126. The molecular formula is C13H17N3O3. The predicted molar refractivity (Wildman–Crippen MR) is 68.6 cm³/mol. The minimum Gasteiger partial charge on any atom is -0.454 e. The fraction of sp³-hybridized carbons (Fsp3) is 0.462. The topological polar surface area (TPSA) is 62.8 Å². The van der Waals surface area contributed by atoms with Crippen LogP contribution in [0, 0.1) is 0 Å². The Hall–Kier alpha value is -1.79. The zero-order chi connectivity index (χ0) is 13.2. The minimum absolute atomic E-state index is 0.0997. The van der Waals surface area contributed by atoms with Gasteiger partial charge in [-0.25, -0.2) is 5.43 Å². The smallest absolute Gasteiger partial charge is 0.241 e. The Balaban J connectivity index is 1.65. The second kappa shape index (κ2) is 5.07. The van der Waals surface area contributed by atoms with Gasteiger partial charge in [0.1, 0.15) is 6.04 Å². The normalized spacial score (nSPS) is 20.6. The maximum Gasteiger partial charge on any atom is 0.241 e. The molecule has 2 N–H and O–H groups in total. The molecule has 102 valence electrons. The lowest BCUT2D eigenvalue weighted by Gasteiger charge is -2.21. The van der Waals surface area contributed by atoms with Gasteiger partial charge in [0.25, 0.3) is 0 Å². The predicted octanol–water partition coefficient (Wildman–Crippen LogP) is 0.240. The van der Waals surface area contributed by atoms with E-state index in [1.165, 1.54) is 0 Å². The fourth-order valence-electron chi connectivity index (χ4n) is 2.33. The molecule has 0 spiro atoms. The quantitative estimate of drug-likeness (QED) is 0.818. The Labute approximate surface area is 111 Å². The molecule has 0 bridgehead atoms. The van der Waals surface area contributed by atoms with Crippen LogP contribution >= 0.6 is 0 Å². The molecule has 19 heavy (non-hydrogen) atoms. The summed E-state index contributed by atoms with van der Waals surface area (Å²) in [6, 6.07) is 5.63. The highest BCUT2D eigenvalue weighted by molar-refractivity contribution is 5.81. The van der Waals surface area contributed by atoms with Gasteiger partial charge < -0.3 is 14.4 Å². The van der Waals surface area contributed by atoms with Gasteiger partial charge in [0.15, 0.2) is 11.5 Å². The first-order chi connectivity index (χ1) is 9.24. The van der Waals surface area contributed by atoms with Crippen molar-refractivity contribution in [1.82, 2.24) is 15.8 Å². The van der Waals surface area contributed by atoms with E-state index in [0.717, 1.165) is 30.0 Å². The Morgan fingerprint density at radius 3 is 3.05 bits per heavy atom. The second-order valence-corrected chi connectivity index (χ2v) is 4.79. The van der Waals surface area contributed by atoms with Gasteiger partial charge in [-0.15, -0.1) is 0 Å². The Morgan fingerprint density at radius 1 is 1.42 bits per heavy atom. The molecule has 0 saturated carbocycles. The molecule has 1 aromatic carbocycles. The number of fused-ring (bicyclic) bond motifs is 1. The van der Waals surface area contributed by atoms with Crippen LogP contribution in [0.5, 0.6) is 11.5 Å². The number of rotatable bonds is 3. The summed E-state index contributed by atoms with van der Waals surface area (Å²) in [7, 11) is 1.81. The highest BCUT2D eigenvalue weighted by Gasteiger charge is 2.25. The van der Waals surface area contributed by atoms with E-state index < -0.39 is 0 Å². The van der Waals surface area contributed by atoms with Gasteiger partial charge in [-0.05, 0) is 24.1 Å². The van der Waals surface area contributed by atoms with Crippen LogP contribution in [0.1, 0.15) is 12.0 Å². The molecule has 6 nitrogen and oxygen atoms in total. The van der Waals surface area contributed by atoms with E-state index in [4.69, 9.17) is 9.47 Å². The Bertz CT molecular complexity index is 486. The Morgan fingerprint density at radius 2 is 2.26 bits per heavy atom. The van der Waals surface area contributed by atoms with Crippen LogP contribution in [0.4, 0.5) is 0 Å². The van der Waals surface area contributed by atoms with E-state index in [1.54, 1.807) is 4.90 Å². The molecule has 0 radical (unpaired) electrons. The summed E-state index contributed by atoms with van der Waals surface area (Å²) in [6.07, 6.45) is 0.824. The van der Waals surface area contributed by atoms with Crippen molar-refractivity contribution in [2.75, 3.05) is 20.4 Å². The van der Waals surface area contributed by atoms with Gasteiger partial charge in [0, 0.05) is 20.1 Å². The standard InChI is InChI=1S/C13H17N3O3/c1-16(13(17)10-4-5-14-15-10)7-9-2-3-11-12(6-9)19-8-18-11/h2-3,6,10,14-15H,4-5,7-8H2,1H3. The second-order valence-electron chi connectivity index (χ2n) is 4.79. The van der Waals surface area contributed by atoms with Crippen molar-refractivity contribution < 1.29 is 14.3 Å². The summed E-state index contributed by atoms with van der Waals surface area (Å²) in [5.41, 5.74) is 6.98. The third-order valence-electron chi connectivity index (χ3n) is 3.37. The van der Waals surface area contributed by atoms with E-state index in [2.05, 4.69) is 10.9 Å². The molecule has 6 heteroatoms. The lowest BCUT2D eigenvalue weighted by molar-refractivity contribution is -0.132. The van der Waals surface area contributed by atoms with E-state index >= 15 is 0 Å². The van der Waals surface area contributed by atoms with E-state index in [9.17, 15) is 4.79 Å². The molecule has 0 aliphatic carbocycles. The number of amides is 1. The third-order valence-corrected chi connectivity index (χ3v) is 3.37. The SMILES string of the molecule is CN(Cc1ccc2c(c1)OCO2)C(=O)C1CCNN1. The van der Waals surface area contributed by atoms with Crippen LogP contribution in [0.2, 0.25) is 0 Å². The molecule has 1 saturated heterocycles. The van der Waals surface area contributed by atoms with Gasteiger partial charge in [-0.3, -0.25) is 10.2 Å². The van der Waals surface area contributed by atoms with Crippen molar-refractivity contribution in [1.29, 1.82) is 0 Å². The largest absolute Gasteiger partial charge is 0.454 e. The monoisotopic (exact) mass is 263 g/mol. The summed E-state index contributed by atoms with van der Waals surface area (Å²) >= 11 is 0. The van der Waals surface area contributed by atoms with Crippen LogP contribution in [0.25, 0.3) is 0 Å². The number of hydrogen-bond acceptors (Lipinski definition) is 5. The third kappa shape index (κ3) is 2.50. The number of benzene rings is 1. The molecule has 1 fully saturated rings. The average Bonchev–Trinajstić information content (AvgIpc) is 3.08. The van der Waals surface area contributed by atoms with E-state index in [0.29, 0.717) is 6.54 Å². The molecule has 2 heterocycles. The zero-order valence-corrected chi connectivity index (χ0v) is 10.8. The van der Waals surface area contributed by atoms with Crippen molar-refractivity contribution in [3.05, 3.63) is 23.8 Å². The zero-order valence-electron chi connectivity index (χ0n) is 10.8. The van der Waals surface area contributed by atoms with Crippen LogP contribution in [0.3, 0.4) is 0 Å². The summed E-state index contributed by atoms with van der Waals surface area (Å²) in [5, 5.41) is 0. The summed E-state index contributed by atoms with van der Waals surface area (Å²) in [6.45, 7) is 1.66. The lowest BCUT2D eigenvalue weighted by atomic mass is 10.1. The van der Waals surface area contributed by atoms with Gasteiger partial charge in [0.05, 0.1) is 0 Å². The van der Waals surface area contributed by atoms with Crippen molar-refractivity contribution in [2.45, 2.75) is 19.0 Å². The molecule has 1 unspecified atom stereocenters. The first-order valence-electron chi connectivity index (χ1n) is 6.36. The van der Waals surface area contributed by atoms with E-state index in [1.807, 2.05) is 25.2 Å². The number of ether oxygens (including phenoxy) is 2. The molecule has 0 aromatic heterocycles. The first-order valence-corrected chi connectivity index (χ1v) is 6.36. The highest BCUT2D eigenvalue weighted by atomic mass is 16.7.